The van der Waals surface area contributed by atoms with Crippen LogP contribution < -0.4 is 5.32 Å². The molecule has 2 aliphatic rings. The van der Waals surface area contributed by atoms with E-state index in [1.54, 1.807) is 16.4 Å². The van der Waals surface area contributed by atoms with Crippen LogP contribution in [-0.2, 0) is 10.0 Å². The number of piperazine rings is 1. The second-order valence-electron chi connectivity index (χ2n) is 6.76. The van der Waals surface area contributed by atoms with Gasteiger partial charge >= 0.3 is 0 Å². The van der Waals surface area contributed by atoms with E-state index < -0.39 is 10.0 Å². The highest BCUT2D eigenvalue weighted by molar-refractivity contribution is 7.91. The fourth-order valence-electron chi connectivity index (χ4n) is 3.21. The molecule has 2 saturated heterocycles. The summed E-state index contributed by atoms with van der Waals surface area (Å²) in [7, 11) is -3.47. The highest BCUT2D eigenvalue weighted by atomic mass is 32.2. The standard InChI is InChI=1S/C16H25N3O3S2/c1-12-5-8-18(9-6-12)24(21,22)15-4-3-14(23-15)16(20)19-10-7-17-11-13(19)2/h3-4,12-13,17H,5-11H2,1-2H3/t13-/m1/s1. The number of piperidine rings is 1. The molecule has 1 aromatic rings. The summed E-state index contributed by atoms with van der Waals surface area (Å²) in [5.41, 5.74) is 0. The van der Waals surface area contributed by atoms with Gasteiger partial charge in [-0.15, -0.1) is 11.3 Å². The Labute approximate surface area is 147 Å². The molecule has 6 nitrogen and oxygen atoms in total. The molecule has 3 rings (SSSR count). The van der Waals surface area contributed by atoms with E-state index in [1.807, 2.05) is 11.8 Å². The molecule has 0 unspecified atom stereocenters. The molecule has 2 aliphatic heterocycles. The lowest BCUT2D eigenvalue weighted by molar-refractivity contribution is 0.0661. The predicted octanol–water partition coefficient (Wildman–Crippen LogP) is 1.60. The van der Waals surface area contributed by atoms with E-state index in [0.717, 1.165) is 37.3 Å². The van der Waals surface area contributed by atoms with Crippen molar-refractivity contribution >= 4 is 27.3 Å². The maximum Gasteiger partial charge on any atom is 0.264 e. The summed E-state index contributed by atoms with van der Waals surface area (Å²) in [6, 6.07) is 3.36. The molecule has 0 spiro atoms. The predicted molar refractivity (Wildman–Crippen MR) is 94.8 cm³/mol. The average molecular weight is 372 g/mol. The zero-order valence-electron chi connectivity index (χ0n) is 14.2. The highest BCUT2D eigenvalue weighted by Crippen LogP contribution is 2.29. The molecule has 1 amide bonds. The molecule has 2 fully saturated rings. The van der Waals surface area contributed by atoms with Crippen molar-refractivity contribution < 1.29 is 13.2 Å². The quantitative estimate of drug-likeness (QED) is 0.876. The van der Waals surface area contributed by atoms with Crippen LogP contribution in [0.2, 0.25) is 0 Å². The van der Waals surface area contributed by atoms with Crippen LogP contribution in [0.25, 0.3) is 0 Å². The first-order valence-corrected chi connectivity index (χ1v) is 10.8. The van der Waals surface area contributed by atoms with E-state index in [9.17, 15) is 13.2 Å². The fourth-order valence-corrected chi connectivity index (χ4v) is 6.10. The SMILES string of the molecule is CC1CCN(S(=O)(=O)c2ccc(C(=O)N3CCNC[C@H]3C)s2)CC1. The summed E-state index contributed by atoms with van der Waals surface area (Å²) in [5.74, 6) is 0.508. The van der Waals surface area contributed by atoms with Crippen LogP contribution in [0.1, 0.15) is 36.4 Å². The number of nitrogens with zero attached hydrogens (tertiary/aromatic N) is 2. The number of carbonyl (C=O) groups is 1. The van der Waals surface area contributed by atoms with Crippen molar-refractivity contribution in [3.63, 3.8) is 0 Å². The van der Waals surface area contributed by atoms with Gasteiger partial charge in [0, 0.05) is 38.8 Å². The smallest absolute Gasteiger partial charge is 0.264 e. The number of nitrogens with one attached hydrogen (secondary N) is 1. The summed E-state index contributed by atoms with van der Waals surface area (Å²) in [4.78, 5) is 15.0. The molecule has 3 heterocycles. The highest BCUT2D eigenvalue weighted by Gasteiger charge is 2.31. The summed E-state index contributed by atoms with van der Waals surface area (Å²) in [6.07, 6.45) is 1.80. The van der Waals surface area contributed by atoms with Gasteiger partial charge in [0.25, 0.3) is 15.9 Å². The summed E-state index contributed by atoms with van der Waals surface area (Å²) in [6.45, 7) is 7.50. The van der Waals surface area contributed by atoms with Gasteiger partial charge in [-0.3, -0.25) is 4.79 Å². The minimum atomic E-state index is -3.47. The summed E-state index contributed by atoms with van der Waals surface area (Å²) < 4.78 is 27.4. The van der Waals surface area contributed by atoms with Gasteiger partial charge in [0.15, 0.2) is 0 Å². The Morgan fingerprint density at radius 3 is 2.58 bits per heavy atom. The van der Waals surface area contributed by atoms with Gasteiger partial charge in [-0.1, -0.05) is 6.92 Å². The molecule has 1 N–H and O–H groups in total. The van der Waals surface area contributed by atoms with Gasteiger partial charge in [-0.05, 0) is 37.8 Å². The van der Waals surface area contributed by atoms with E-state index in [2.05, 4.69) is 12.2 Å². The minimum absolute atomic E-state index is 0.0669. The van der Waals surface area contributed by atoms with Gasteiger partial charge < -0.3 is 10.2 Å². The Balaban J connectivity index is 1.76. The lowest BCUT2D eigenvalue weighted by Gasteiger charge is -2.33. The Morgan fingerprint density at radius 1 is 1.21 bits per heavy atom. The molecule has 1 aromatic heterocycles. The van der Waals surface area contributed by atoms with Gasteiger partial charge in [0.05, 0.1) is 4.88 Å². The van der Waals surface area contributed by atoms with E-state index in [0.29, 0.717) is 30.4 Å². The van der Waals surface area contributed by atoms with Crippen molar-refractivity contribution in [1.29, 1.82) is 0 Å². The molecule has 0 saturated carbocycles. The van der Waals surface area contributed by atoms with Crippen LogP contribution in [0.15, 0.2) is 16.3 Å². The van der Waals surface area contributed by atoms with Crippen molar-refractivity contribution in [2.75, 3.05) is 32.7 Å². The normalized spacial score (nSPS) is 24.2. The number of hydrogen-bond donors (Lipinski definition) is 1. The van der Waals surface area contributed by atoms with Crippen LogP contribution in [0.4, 0.5) is 0 Å². The van der Waals surface area contributed by atoms with Crippen LogP contribution >= 0.6 is 11.3 Å². The zero-order chi connectivity index (χ0) is 17.3. The van der Waals surface area contributed by atoms with E-state index in [1.165, 1.54) is 0 Å². The van der Waals surface area contributed by atoms with E-state index >= 15 is 0 Å². The van der Waals surface area contributed by atoms with Crippen LogP contribution in [0.5, 0.6) is 0 Å². The van der Waals surface area contributed by atoms with Crippen molar-refractivity contribution in [3.05, 3.63) is 17.0 Å². The lowest BCUT2D eigenvalue weighted by Crippen LogP contribution is -2.52. The van der Waals surface area contributed by atoms with Crippen LogP contribution in [0.3, 0.4) is 0 Å². The topological polar surface area (TPSA) is 69.7 Å². The van der Waals surface area contributed by atoms with Gasteiger partial charge in [-0.2, -0.15) is 4.31 Å². The van der Waals surface area contributed by atoms with Crippen molar-refractivity contribution in [2.24, 2.45) is 5.92 Å². The molecule has 8 heteroatoms. The maximum atomic E-state index is 12.8. The fraction of sp³-hybridized carbons (Fsp3) is 0.688. The second kappa shape index (κ2) is 7.11. The third kappa shape index (κ3) is 3.51. The first-order chi connectivity index (χ1) is 11.4. The van der Waals surface area contributed by atoms with E-state index in [4.69, 9.17) is 0 Å². The second-order valence-corrected chi connectivity index (χ2v) is 10.0. The number of rotatable bonds is 3. The first kappa shape index (κ1) is 17.8. The Kier molecular flexibility index (Phi) is 5.29. The Hall–Kier alpha value is -0.960. The third-order valence-electron chi connectivity index (χ3n) is 4.89. The summed E-state index contributed by atoms with van der Waals surface area (Å²) in [5, 5.41) is 3.25. The third-order valence-corrected chi connectivity index (χ3v) is 8.33. The number of hydrogen-bond acceptors (Lipinski definition) is 5. The van der Waals surface area contributed by atoms with E-state index in [-0.39, 0.29) is 16.2 Å². The molecule has 0 bridgehead atoms. The molecule has 24 heavy (non-hydrogen) atoms. The van der Waals surface area contributed by atoms with Gasteiger partial charge in [0.2, 0.25) is 0 Å². The number of thiophene rings is 1. The molecule has 1 atom stereocenters. The van der Waals surface area contributed by atoms with Gasteiger partial charge in [-0.25, -0.2) is 8.42 Å². The van der Waals surface area contributed by atoms with Crippen LogP contribution in [-0.4, -0.2) is 62.3 Å². The van der Waals surface area contributed by atoms with Crippen molar-refractivity contribution in [2.45, 2.75) is 36.9 Å². The Morgan fingerprint density at radius 2 is 1.92 bits per heavy atom. The largest absolute Gasteiger partial charge is 0.333 e. The molecule has 0 aliphatic carbocycles. The number of carbonyl (C=O) groups excluding carboxylic acids is 1. The molecular formula is C16H25N3O3S2. The molecule has 134 valence electrons. The molecule has 0 aromatic carbocycles. The van der Waals surface area contributed by atoms with Crippen molar-refractivity contribution in [1.82, 2.24) is 14.5 Å². The Bertz CT molecular complexity index is 693. The van der Waals surface area contributed by atoms with Crippen molar-refractivity contribution in [3.8, 4) is 0 Å². The monoisotopic (exact) mass is 371 g/mol. The molecule has 0 radical (unpaired) electrons. The first-order valence-electron chi connectivity index (χ1n) is 8.51. The molecular weight excluding hydrogens is 346 g/mol. The summed E-state index contributed by atoms with van der Waals surface area (Å²) >= 11 is 1.10. The van der Waals surface area contributed by atoms with Gasteiger partial charge in [0.1, 0.15) is 4.21 Å². The number of sulfonamides is 1. The number of amides is 1. The minimum Gasteiger partial charge on any atom is -0.333 e. The zero-order valence-corrected chi connectivity index (χ0v) is 15.8. The average Bonchev–Trinajstić information content (AvgIpc) is 3.06. The maximum absolute atomic E-state index is 12.8. The van der Waals surface area contributed by atoms with Crippen LogP contribution in [0, 0.1) is 5.92 Å². The lowest BCUT2D eigenvalue weighted by atomic mass is 10.0.